The highest BCUT2D eigenvalue weighted by Crippen LogP contribution is 2.15. The third kappa shape index (κ3) is 1.64. The monoisotopic (exact) mass is 183 g/mol. The summed E-state index contributed by atoms with van der Waals surface area (Å²) in [6.07, 6.45) is 1.30. The van der Waals surface area contributed by atoms with E-state index in [1.54, 1.807) is 0 Å². The molecule has 0 fully saturated rings. The molecule has 0 bridgehead atoms. The average Bonchev–Trinajstić information content (AvgIpc) is 2.72. The summed E-state index contributed by atoms with van der Waals surface area (Å²) in [7, 11) is 0. The summed E-state index contributed by atoms with van der Waals surface area (Å²) in [6, 6.07) is 7.54. The van der Waals surface area contributed by atoms with Crippen LogP contribution in [0.1, 0.15) is 5.56 Å². The van der Waals surface area contributed by atoms with Gasteiger partial charge < -0.3 is 4.42 Å². The minimum atomic E-state index is 0.513. The fourth-order valence-electron chi connectivity index (χ4n) is 1.10. The standard InChI is InChI=1S/C11H7N2O/c1-2-3-9-4-6-10(7-5-9)11-13-12-8-14-11/h4-8H,1H2. The third-order valence-corrected chi connectivity index (χ3v) is 1.72. The fourth-order valence-corrected chi connectivity index (χ4v) is 1.10. The highest BCUT2D eigenvalue weighted by atomic mass is 16.4. The minimum absolute atomic E-state index is 0.513. The zero-order chi connectivity index (χ0) is 9.80. The molecule has 3 heteroatoms. The smallest absolute Gasteiger partial charge is 0.247 e. The maximum Gasteiger partial charge on any atom is 0.247 e. The van der Waals surface area contributed by atoms with E-state index in [0.717, 1.165) is 11.1 Å². The Morgan fingerprint density at radius 1 is 1.21 bits per heavy atom. The molecule has 2 aromatic rings. The Morgan fingerprint density at radius 2 is 2.00 bits per heavy atom. The summed E-state index contributed by atoms with van der Waals surface area (Å²) in [4.78, 5) is 0. The van der Waals surface area contributed by atoms with Gasteiger partial charge in [-0.1, -0.05) is 11.8 Å². The molecule has 1 aromatic carbocycles. The first-order valence-corrected chi connectivity index (χ1v) is 4.05. The van der Waals surface area contributed by atoms with Gasteiger partial charge in [0.25, 0.3) is 0 Å². The molecule has 2 rings (SSSR count). The average molecular weight is 183 g/mol. The second-order valence-electron chi connectivity index (χ2n) is 2.62. The molecule has 0 aliphatic rings. The van der Waals surface area contributed by atoms with Gasteiger partial charge in [-0.25, -0.2) is 0 Å². The van der Waals surface area contributed by atoms with Gasteiger partial charge in [-0.15, -0.1) is 10.2 Å². The summed E-state index contributed by atoms with van der Waals surface area (Å²) in [6.45, 7) is 3.45. The summed E-state index contributed by atoms with van der Waals surface area (Å²) in [5.41, 5.74) is 1.81. The van der Waals surface area contributed by atoms with E-state index in [4.69, 9.17) is 4.42 Å². The van der Waals surface area contributed by atoms with Crippen LogP contribution in [0.2, 0.25) is 0 Å². The van der Waals surface area contributed by atoms with Crippen LogP contribution in [0.4, 0.5) is 0 Å². The molecule has 0 aliphatic heterocycles. The molecule has 1 heterocycles. The third-order valence-electron chi connectivity index (χ3n) is 1.72. The van der Waals surface area contributed by atoms with Gasteiger partial charge in [0.1, 0.15) is 0 Å². The normalized spacial score (nSPS) is 9.21. The second-order valence-corrected chi connectivity index (χ2v) is 2.62. The minimum Gasteiger partial charge on any atom is -0.423 e. The van der Waals surface area contributed by atoms with Crippen molar-refractivity contribution in [3.8, 4) is 23.3 Å². The second kappa shape index (κ2) is 3.75. The van der Waals surface area contributed by atoms with Crippen molar-refractivity contribution in [3.05, 3.63) is 43.1 Å². The number of benzene rings is 1. The number of nitrogens with zero attached hydrogens (tertiary/aromatic N) is 2. The van der Waals surface area contributed by atoms with Crippen LogP contribution < -0.4 is 0 Å². The van der Waals surface area contributed by atoms with Gasteiger partial charge in [-0.2, -0.15) is 0 Å². The molecule has 0 N–H and O–H groups in total. The first-order chi connectivity index (χ1) is 6.90. The van der Waals surface area contributed by atoms with Gasteiger partial charge in [0.05, 0.1) is 0 Å². The summed E-state index contributed by atoms with van der Waals surface area (Å²) < 4.78 is 5.05. The van der Waals surface area contributed by atoms with Gasteiger partial charge in [-0.05, 0) is 24.3 Å². The molecule has 0 unspecified atom stereocenters. The molecule has 0 saturated heterocycles. The van der Waals surface area contributed by atoms with Gasteiger partial charge in [0.15, 0.2) is 0 Å². The predicted molar refractivity (Wildman–Crippen MR) is 52.0 cm³/mol. The molecule has 0 saturated carbocycles. The first-order valence-electron chi connectivity index (χ1n) is 4.05. The molecule has 1 radical (unpaired) electrons. The van der Waals surface area contributed by atoms with Crippen LogP contribution in [0, 0.1) is 18.8 Å². The van der Waals surface area contributed by atoms with Crippen molar-refractivity contribution in [2.45, 2.75) is 0 Å². The SMILES string of the molecule is [CH2]C#Cc1ccc(-c2nnco2)cc1. The van der Waals surface area contributed by atoms with Crippen molar-refractivity contribution in [1.82, 2.24) is 10.2 Å². The van der Waals surface area contributed by atoms with E-state index in [0.29, 0.717) is 5.89 Å². The maximum atomic E-state index is 5.05. The maximum absolute atomic E-state index is 5.05. The molecule has 0 aliphatic carbocycles. The lowest BCUT2D eigenvalue weighted by Gasteiger charge is -1.93. The zero-order valence-electron chi connectivity index (χ0n) is 7.40. The van der Waals surface area contributed by atoms with Crippen LogP contribution in [0.5, 0.6) is 0 Å². The van der Waals surface area contributed by atoms with E-state index in [9.17, 15) is 0 Å². The fraction of sp³-hybridized carbons (Fsp3) is 0. The van der Waals surface area contributed by atoms with E-state index in [2.05, 4.69) is 29.0 Å². The molecular formula is C11H7N2O. The Labute approximate surface area is 81.8 Å². The predicted octanol–water partition coefficient (Wildman–Crippen LogP) is 1.92. The van der Waals surface area contributed by atoms with E-state index < -0.39 is 0 Å². The van der Waals surface area contributed by atoms with Gasteiger partial charge in [0.2, 0.25) is 12.3 Å². The Kier molecular flexibility index (Phi) is 2.28. The first kappa shape index (κ1) is 8.52. The van der Waals surface area contributed by atoms with E-state index in [1.165, 1.54) is 6.39 Å². The van der Waals surface area contributed by atoms with Crippen molar-refractivity contribution in [1.29, 1.82) is 0 Å². The van der Waals surface area contributed by atoms with Crippen molar-refractivity contribution in [3.63, 3.8) is 0 Å². The van der Waals surface area contributed by atoms with Crippen LogP contribution in [0.3, 0.4) is 0 Å². The molecule has 0 spiro atoms. The zero-order valence-corrected chi connectivity index (χ0v) is 7.40. The number of hydrogen-bond donors (Lipinski definition) is 0. The Hall–Kier alpha value is -2.08. The lowest BCUT2D eigenvalue weighted by Crippen LogP contribution is -1.79. The Morgan fingerprint density at radius 3 is 2.57 bits per heavy atom. The van der Waals surface area contributed by atoms with Crippen molar-refractivity contribution in [2.75, 3.05) is 0 Å². The Bertz CT molecular complexity index is 460. The quantitative estimate of drug-likeness (QED) is 0.634. The van der Waals surface area contributed by atoms with Crippen LogP contribution in [0.25, 0.3) is 11.5 Å². The molecule has 14 heavy (non-hydrogen) atoms. The van der Waals surface area contributed by atoms with Crippen LogP contribution in [-0.2, 0) is 0 Å². The van der Waals surface area contributed by atoms with Gasteiger partial charge in [0, 0.05) is 18.1 Å². The topological polar surface area (TPSA) is 38.9 Å². The van der Waals surface area contributed by atoms with E-state index in [-0.39, 0.29) is 0 Å². The number of hydrogen-bond acceptors (Lipinski definition) is 3. The van der Waals surface area contributed by atoms with E-state index in [1.807, 2.05) is 24.3 Å². The Balaban J connectivity index is 2.34. The van der Waals surface area contributed by atoms with Crippen LogP contribution in [-0.4, -0.2) is 10.2 Å². The molecule has 1 aromatic heterocycles. The molecule has 0 atom stereocenters. The van der Waals surface area contributed by atoms with Crippen LogP contribution in [0.15, 0.2) is 35.1 Å². The highest BCUT2D eigenvalue weighted by Gasteiger charge is 2.01. The van der Waals surface area contributed by atoms with Crippen molar-refractivity contribution < 1.29 is 4.42 Å². The van der Waals surface area contributed by atoms with Crippen molar-refractivity contribution in [2.24, 2.45) is 0 Å². The van der Waals surface area contributed by atoms with Gasteiger partial charge in [-0.3, -0.25) is 0 Å². The number of rotatable bonds is 1. The summed E-state index contributed by atoms with van der Waals surface area (Å²) >= 11 is 0. The largest absolute Gasteiger partial charge is 0.423 e. The van der Waals surface area contributed by atoms with E-state index >= 15 is 0 Å². The van der Waals surface area contributed by atoms with Crippen LogP contribution >= 0.6 is 0 Å². The molecule has 3 nitrogen and oxygen atoms in total. The molecular weight excluding hydrogens is 176 g/mol. The summed E-state index contributed by atoms with van der Waals surface area (Å²) in [5, 5.41) is 7.40. The lowest BCUT2D eigenvalue weighted by molar-refractivity contribution is 0.568. The lowest BCUT2D eigenvalue weighted by atomic mass is 10.1. The number of aromatic nitrogens is 2. The van der Waals surface area contributed by atoms with Crippen molar-refractivity contribution >= 4 is 0 Å². The molecule has 67 valence electrons. The highest BCUT2D eigenvalue weighted by molar-refractivity contribution is 5.54. The summed E-state index contributed by atoms with van der Waals surface area (Å²) in [5.74, 6) is 5.95. The molecule has 0 amide bonds. The van der Waals surface area contributed by atoms with Gasteiger partial charge >= 0.3 is 0 Å².